The molecule has 30 heavy (non-hydrogen) atoms. The van der Waals surface area contributed by atoms with Crippen molar-refractivity contribution in [2.75, 3.05) is 0 Å². The summed E-state index contributed by atoms with van der Waals surface area (Å²) in [6.07, 6.45) is 2.09. The molecule has 3 aromatic heterocycles. The van der Waals surface area contributed by atoms with E-state index in [1.807, 2.05) is 53.9 Å². The van der Waals surface area contributed by atoms with Gasteiger partial charge in [0.15, 0.2) is 0 Å². The maximum atomic E-state index is 13.5. The van der Waals surface area contributed by atoms with Crippen LogP contribution < -0.4 is 5.43 Å². The molecule has 0 aliphatic heterocycles. The number of nitrogens with zero attached hydrogens (tertiary/aromatic N) is 2. The Morgan fingerprint density at radius 2 is 1.80 bits per heavy atom. The van der Waals surface area contributed by atoms with Crippen molar-refractivity contribution in [1.82, 2.24) is 14.4 Å². The summed E-state index contributed by atoms with van der Waals surface area (Å²) in [6, 6.07) is 15.3. The number of aromatic nitrogens is 3. The van der Waals surface area contributed by atoms with Gasteiger partial charge in [-0.25, -0.2) is 4.98 Å². The zero-order valence-corrected chi connectivity index (χ0v) is 18.4. The highest BCUT2D eigenvalue weighted by atomic mass is 35.5. The fraction of sp³-hybridized carbons (Fsp3) is 0.167. The molecule has 2 aromatic carbocycles. The smallest absolute Gasteiger partial charge is 0.201 e. The van der Waals surface area contributed by atoms with Gasteiger partial charge in [-0.1, -0.05) is 56.6 Å². The van der Waals surface area contributed by atoms with E-state index in [1.165, 1.54) is 11.3 Å². The molecule has 0 aliphatic carbocycles. The average molecular weight is 434 g/mol. The number of para-hydroxylation sites is 1. The van der Waals surface area contributed by atoms with Gasteiger partial charge in [-0.2, -0.15) is 0 Å². The lowest BCUT2D eigenvalue weighted by molar-refractivity contribution is 0.573. The number of pyridine rings is 1. The number of thiazole rings is 1. The molecule has 0 saturated carbocycles. The molecule has 150 valence electrons. The van der Waals surface area contributed by atoms with Gasteiger partial charge in [0, 0.05) is 38.7 Å². The highest BCUT2D eigenvalue weighted by molar-refractivity contribution is 7.13. The number of aromatic amines is 1. The highest BCUT2D eigenvalue weighted by Gasteiger charge is 2.22. The minimum Gasteiger partial charge on any atom is -0.342 e. The Balaban J connectivity index is 1.80. The molecule has 3 heterocycles. The molecular formula is C24H20ClN3OS. The average Bonchev–Trinajstić information content (AvgIpc) is 3.37. The first-order chi connectivity index (χ1) is 14.3. The maximum absolute atomic E-state index is 13.5. The van der Waals surface area contributed by atoms with E-state index in [0.29, 0.717) is 21.0 Å². The Kier molecular flexibility index (Phi) is 4.34. The molecule has 5 aromatic rings. The Bertz CT molecular complexity index is 1450. The summed E-state index contributed by atoms with van der Waals surface area (Å²) in [5, 5.41) is 4.06. The predicted molar refractivity (Wildman–Crippen MR) is 126 cm³/mol. The van der Waals surface area contributed by atoms with Gasteiger partial charge < -0.3 is 9.38 Å². The van der Waals surface area contributed by atoms with Crippen molar-refractivity contribution < 1.29 is 0 Å². The van der Waals surface area contributed by atoms with E-state index >= 15 is 0 Å². The quantitative estimate of drug-likeness (QED) is 0.344. The van der Waals surface area contributed by atoms with Crippen LogP contribution in [-0.2, 0) is 5.41 Å². The van der Waals surface area contributed by atoms with E-state index in [9.17, 15) is 4.79 Å². The van der Waals surface area contributed by atoms with Crippen LogP contribution in [-0.4, -0.2) is 14.4 Å². The van der Waals surface area contributed by atoms with Gasteiger partial charge >= 0.3 is 0 Å². The Labute approximate surface area is 182 Å². The van der Waals surface area contributed by atoms with Crippen LogP contribution in [0.15, 0.2) is 64.9 Å². The summed E-state index contributed by atoms with van der Waals surface area (Å²) >= 11 is 7.49. The molecule has 0 fully saturated rings. The molecule has 6 heteroatoms. The molecule has 0 spiro atoms. The van der Waals surface area contributed by atoms with Crippen LogP contribution in [0.5, 0.6) is 0 Å². The number of imidazole rings is 1. The topological polar surface area (TPSA) is 50.2 Å². The molecule has 5 rings (SSSR count). The largest absolute Gasteiger partial charge is 0.342 e. The van der Waals surface area contributed by atoms with Crippen molar-refractivity contribution in [3.8, 4) is 21.8 Å². The van der Waals surface area contributed by atoms with Gasteiger partial charge in [-0.15, -0.1) is 11.3 Å². The van der Waals surface area contributed by atoms with Gasteiger partial charge in [0.25, 0.3) is 0 Å². The number of hydrogen-bond acceptors (Lipinski definition) is 3. The number of H-pyrrole nitrogens is 1. The number of benzene rings is 2. The molecule has 0 unspecified atom stereocenters. The second kappa shape index (κ2) is 6.83. The first kappa shape index (κ1) is 19.1. The van der Waals surface area contributed by atoms with Crippen molar-refractivity contribution in [2.45, 2.75) is 26.2 Å². The summed E-state index contributed by atoms with van der Waals surface area (Å²) in [5.41, 5.74) is 5.06. The molecule has 0 bridgehead atoms. The first-order valence-electron chi connectivity index (χ1n) is 9.71. The lowest BCUT2D eigenvalue weighted by Gasteiger charge is -2.14. The van der Waals surface area contributed by atoms with Gasteiger partial charge in [-0.3, -0.25) is 4.79 Å². The molecule has 0 atom stereocenters. The fourth-order valence-corrected chi connectivity index (χ4v) is 4.62. The number of rotatable bonds is 2. The monoisotopic (exact) mass is 433 g/mol. The Hall–Kier alpha value is -2.89. The molecule has 0 amide bonds. The molecule has 0 radical (unpaired) electrons. The van der Waals surface area contributed by atoms with Crippen molar-refractivity contribution in [1.29, 1.82) is 0 Å². The van der Waals surface area contributed by atoms with E-state index in [2.05, 4.69) is 36.4 Å². The van der Waals surface area contributed by atoms with Crippen molar-refractivity contribution in [3.05, 3.63) is 81.0 Å². The SMILES string of the molecule is CC(C)(C)c1cn2c([nH]1)c(-c1nc(-c3ccc(Cl)cc3)cs1)c(=O)c1ccccc12. The number of nitrogens with one attached hydrogen (secondary N) is 1. The molecule has 4 nitrogen and oxygen atoms in total. The normalized spacial score (nSPS) is 12.1. The fourth-order valence-electron chi connectivity index (χ4n) is 3.63. The van der Waals surface area contributed by atoms with E-state index in [0.717, 1.165) is 28.1 Å². The number of hydrogen-bond donors (Lipinski definition) is 1. The van der Waals surface area contributed by atoms with Gasteiger partial charge in [0.1, 0.15) is 10.7 Å². The second-order valence-electron chi connectivity index (χ2n) is 8.40. The Morgan fingerprint density at radius 3 is 2.53 bits per heavy atom. The summed E-state index contributed by atoms with van der Waals surface area (Å²) in [6.45, 7) is 6.46. The minimum absolute atomic E-state index is 0.00934. The number of fused-ring (bicyclic) bond motifs is 3. The van der Waals surface area contributed by atoms with Gasteiger partial charge in [-0.05, 0) is 24.3 Å². The lowest BCUT2D eigenvalue weighted by atomic mass is 9.93. The number of halogens is 1. The molecular weight excluding hydrogens is 414 g/mol. The predicted octanol–water partition coefficient (Wildman–Crippen LogP) is 6.52. The van der Waals surface area contributed by atoms with Crippen LogP contribution in [0.1, 0.15) is 26.5 Å². The maximum Gasteiger partial charge on any atom is 0.201 e. The third-order valence-corrected chi connectivity index (χ3v) is 6.40. The molecule has 0 aliphatic rings. The van der Waals surface area contributed by atoms with Crippen molar-refractivity contribution in [3.63, 3.8) is 0 Å². The first-order valence-corrected chi connectivity index (χ1v) is 11.0. The van der Waals surface area contributed by atoms with Crippen molar-refractivity contribution in [2.24, 2.45) is 0 Å². The van der Waals surface area contributed by atoms with Gasteiger partial charge in [0.05, 0.1) is 16.8 Å². The van der Waals surface area contributed by atoms with E-state index in [-0.39, 0.29) is 10.8 Å². The molecule has 1 N–H and O–H groups in total. The van der Waals surface area contributed by atoms with E-state index in [4.69, 9.17) is 16.6 Å². The van der Waals surface area contributed by atoms with E-state index < -0.39 is 0 Å². The van der Waals surface area contributed by atoms with Crippen molar-refractivity contribution >= 4 is 39.5 Å². The summed E-state index contributed by atoms with van der Waals surface area (Å²) in [7, 11) is 0. The van der Waals surface area contributed by atoms with E-state index in [1.54, 1.807) is 0 Å². The third kappa shape index (κ3) is 3.06. The second-order valence-corrected chi connectivity index (χ2v) is 9.70. The lowest BCUT2D eigenvalue weighted by Crippen LogP contribution is -2.11. The Morgan fingerprint density at radius 1 is 1.07 bits per heavy atom. The van der Waals surface area contributed by atoms with Gasteiger partial charge in [0.2, 0.25) is 5.43 Å². The minimum atomic E-state index is -0.0786. The summed E-state index contributed by atoms with van der Waals surface area (Å²) in [4.78, 5) is 21.8. The zero-order chi connectivity index (χ0) is 21.0. The van der Waals surface area contributed by atoms with Crippen LogP contribution in [0.4, 0.5) is 0 Å². The highest BCUT2D eigenvalue weighted by Crippen LogP contribution is 2.33. The van der Waals surface area contributed by atoms with Crippen LogP contribution in [0, 0.1) is 0 Å². The van der Waals surface area contributed by atoms with Crippen LogP contribution in [0.25, 0.3) is 38.4 Å². The van der Waals surface area contributed by atoms with Crippen LogP contribution in [0.2, 0.25) is 5.02 Å². The van der Waals surface area contributed by atoms with Crippen LogP contribution in [0.3, 0.4) is 0 Å². The summed E-state index contributed by atoms with van der Waals surface area (Å²) < 4.78 is 2.08. The molecule has 0 saturated heterocycles. The third-order valence-electron chi connectivity index (χ3n) is 5.29. The zero-order valence-electron chi connectivity index (χ0n) is 16.9. The van der Waals surface area contributed by atoms with Crippen LogP contribution >= 0.6 is 22.9 Å². The standard InChI is InChI=1S/C24H20ClN3OS/c1-24(2,3)19-12-28-18-7-5-4-6-16(18)21(29)20(22(28)27-19)23-26-17(13-30-23)14-8-10-15(25)11-9-14/h4-13,27H,1-3H3. The summed E-state index contributed by atoms with van der Waals surface area (Å²) in [5.74, 6) is 0.